The molecule has 1 saturated heterocycles. The van der Waals surface area contributed by atoms with E-state index in [0.717, 1.165) is 37.3 Å². The normalized spacial score (nSPS) is 16.2. The molecular formula is C19H24FN3OS. The number of carbonyl (C=O) groups is 1. The lowest BCUT2D eigenvalue weighted by Crippen LogP contribution is -2.35. The molecule has 0 saturated carbocycles. The minimum Gasteiger partial charge on any atom is -0.335 e. The van der Waals surface area contributed by atoms with Crippen molar-refractivity contribution in [1.82, 2.24) is 14.8 Å². The molecule has 1 aliphatic rings. The first-order valence-electron chi connectivity index (χ1n) is 8.74. The monoisotopic (exact) mass is 361 g/mol. The number of aromatic nitrogens is 1. The van der Waals surface area contributed by atoms with Crippen LogP contribution in [0.25, 0.3) is 0 Å². The van der Waals surface area contributed by atoms with E-state index < -0.39 is 0 Å². The Balaban J connectivity index is 1.59. The van der Waals surface area contributed by atoms with E-state index in [1.807, 2.05) is 16.3 Å². The maximum absolute atomic E-state index is 13.3. The van der Waals surface area contributed by atoms with Gasteiger partial charge in [0, 0.05) is 38.1 Å². The summed E-state index contributed by atoms with van der Waals surface area (Å²) in [5, 5.41) is 2.56. The van der Waals surface area contributed by atoms with E-state index >= 15 is 0 Å². The summed E-state index contributed by atoms with van der Waals surface area (Å²) in [4.78, 5) is 21.4. The van der Waals surface area contributed by atoms with Crippen LogP contribution in [-0.2, 0) is 6.54 Å². The molecule has 134 valence electrons. The van der Waals surface area contributed by atoms with Crippen LogP contribution in [-0.4, -0.2) is 46.9 Å². The largest absolute Gasteiger partial charge is 0.335 e. The summed E-state index contributed by atoms with van der Waals surface area (Å²) in [6.45, 7) is 8.02. The Kier molecular flexibility index (Phi) is 5.81. The first-order valence-corrected chi connectivity index (χ1v) is 9.62. The van der Waals surface area contributed by atoms with Gasteiger partial charge in [-0.15, -0.1) is 11.3 Å². The number of carbonyl (C=O) groups excluding carboxylic acids is 1. The lowest BCUT2D eigenvalue weighted by molar-refractivity contribution is 0.0760. The van der Waals surface area contributed by atoms with Crippen molar-refractivity contribution in [3.8, 4) is 0 Å². The van der Waals surface area contributed by atoms with Gasteiger partial charge < -0.3 is 4.90 Å². The zero-order chi connectivity index (χ0) is 17.8. The third kappa shape index (κ3) is 4.64. The van der Waals surface area contributed by atoms with E-state index in [0.29, 0.717) is 24.0 Å². The van der Waals surface area contributed by atoms with Gasteiger partial charge >= 0.3 is 0 Å². The molecule has 1 aromatic heterocycles. The molecule has 25 heavy (non-hydrogen) atoms. The van der Waals surface area contributed by atoms with Crippen LogP contribution in [0.2, 0.25) is 0 Å². The van der Waals surface area contributed by atoms with E-state index in [1.165, 1.54) is 17.4 Å². The van der Waals surface area contributed by atoms with Crippen molar-refractivity contribution in [3.63, 3.8) is 0 Å². The molecule has 4 nitrogen and oxygen atoms in total. The topological polar surface area (TPSA) is 36.4 Å². The predicted octanol–water partition coefficient (Wildman–Crippen LogP) is 3.75. The number of halogens is 1. The van der Waals surface area contributed by atoms with Crippen molar-refractivity contribution in [2.45, 2.75) is 32.7 Å². The first kappa shape index (κ1) is 18.0. The molecule has 0 spiro atoms. The van der Waals surface area contributed by atoms with E-state index in [2.05, 4.69) is 23.7 Å². The second-order valence-electron chi connectivity index (χ2n) is 6.78. The van der Waals surface area contributed by atoms with Crippen molar-refractivity contribution in [2.75, 3.05) is 26.2 Å². The van der Waals surface area contributed by atoms with Crippen LogP contribution < -0.4 is 0 Å². The van der Waals surface area contributed by atoms with Gasteiger partial charge in [-0.05, 0) is 30.0 Å². The van der Waals surface area contributed by atoms with Crippen LogP contribution in [0.1, 0.15) is 47.2 Å². The van der Waals surface area contributed by atoms with Gasteiger partial charge in [-0.1, -0.05) is 26.0 Å². The van der Waals surface area contributed by atoms with E-state index in [-0.39, 0.29) is 11.7 Å². The summed E-state index contributed by atoms with van der Waals surface area (Å²) in [7, 11) is 0. The van der Waals surface area contributed by atoms with Crippen LogP contribution in [0.15, 0.2) is 29.6 Å². The average molecular weight is 361 g/mol. The second-order valence-corrected chi connectivity index (χ2v) is 7.64. The average Bonchev–Trinajstić information content (AvgIpc) is 2.96. The van der Waals surface area contributed by atoms with Crippen LogP contribution in [0, 0.1) is 5.82 Å². The van der Waals surface area contributed by atoms with Crippen LogP contribution in [0.3, 0.4) is 0 Å². The minimum atomic E-state index is -0.200. The molecule has 2 heterocycles. The zero-order valence-electron chi connectivity index (χ0n) is 14.7. The summed E-state index contributed by atoms with van der Waals surface area (Å²) in [6, 6.07) is 6.73. The third-order valence-corrected chi connectivity index (χ3v) is 5.32. The minimum absolute atomic E-state index is 0.0319. The molecule has 1 aromatic carbocycles. The fraction of sp³-hybridized carbons (Fsp3) is 0.474. The molecule has 1 aliphatic heterocycles. The Morgan fingerprint density at radius 2 is 2.12 bits per heavy atom. The lowest BCUT2D eigenvalue weighted by atomic mass is 10.2. The molecule has 1 amide bonds. The van der Waals surface area contributed by atoms with Crippen LogP contribution >= 0.6 is 11.3 Å². The van der Waals surface area contributed by atoms with Gasteiger partial charge in [0.15, 0.2) is 5.01 Å². The van der Waals surface area contributed by atoms with Crippen molar-refractivity contribution in [1.29, 1.82) is 0 Å². The van der Waals surface area contributed by atoms with Crippen LogP contribution in [0.5, 0.6) is 0 Å². The highest BCUT2D eigenvalue weighted by atomic mass is 32.1. The molecule has 1 fully saturated rings. The number of hydrogen-bond donors (Lipinski definition) is 0. The van der Waals surface area contributed by atoms with E-state index in [1.54, 1.807) is 12.1 Å². The Morgan fingerprint density at radius 1 is 1.28 bits per heavy atom. The van der Waals surface area contributed by atoms with Gasteiger partial charge in [-0.25, -0.2) is 9.37 Å². The molecule has 0 radical (unpaired) electrons. The smallest absolute Gasteiger partial charge is 0.282 e. The van der Waals surface area contributed by atoms with Gasteiger partial charge in [0.25, 0.3) is 5.91 Å². The summed E-state index contributed by atoms with van der Waals surface area (Å²) in [5.41, 5.74) is 1.96. The highest BCUT2D eigenvalue weighted by Gasteiger charge is 2.23. The van der Waals surface area contributed by atoms with Crippen molar-refractivity contribution in [2.24, 2.45) is 0 Å². The van der Waals surface area contributed by atoms with Crippen LogP contribution in [0.4, 0.5) is 4.39 Å². The fourth-order valence-electron chi connectivity index (χ4n) is 3.01. The quantitative estimate of drug-likeness (QED) is 0.832. The molecule has 0 unspecified atom stereocenters. The number of rotatable bonds is 4. The molecule has 0 bridgehead atoms. The maximum Gasteiger partial charge on any atom is 0.282 e. The lowest BCUT2D eigenvalue weighted by Gasteiger charge is -2.21. The van der Waals surface area contributed by atoms with Gasteiger partial charge in [0.1, 0.15) is 5.82 Å². The first-order chi connectivity index (χ1) is 12.0. The van der Waals surface area contributed by atoms with Gasteiger partial charge in [0.2, 0.25) is 0 Å². The zero-order valence-corrected chi connectivity index (χ0v) is 15.6. The van der Waals surface area contributed by atoms with Crippen molar-refractivity contribution >= 4 is 17.2 Å². The second kappa shape index (κ2) is 8.06. The molecule has 0 aliphatic carbocycles. The van der Waals surface area contributed by atoms with Crippen molar-refractivity contribution < 1.29 is 9.18 Å². The molecule has 0 N–H and O–H groups in total. The summed E-state index contributed by atoms with van der Waals surface area (Å²) < 4.78 is 13.3. The van der Waals surface area contributed by atoms with E-state index in [4.69, 9.17) is 0 Å². The number of nitrogens with zero attached hydrogens (tertiary/aromatic N) is 3. The fourth-order valence-corrected chi connectivity index (χ4v) is 3.96. The Labute approximate surface area is 152 Å². The molecule has 0 atom stereocenters. The highest BCUT2D eigenvalue weighted by molar-refractivity contribution is 7.11. The number of benzene rings is 1. The predicted molar refractivity (Wildman–Crippen MR) is 98.4 cm³/mol. The third-order valence-electron chi connectivity index (χ3n) is 4.47. The SMILES string of the molecule is CC(C)c1csc(C(=O)N2CCCN(Cc3cccc(F)c3)CC2)n1. The van der Waals surface area contributed by atoms with Gasteiger partial charge in [0.05, 0.1) is 5.69 Å². The Morgan fingerprint density at radius 3 is 2.84 bits per heavy atom. The summed E-state index contributed by atoms with van der Waals surface area (Å²) >= 11 is 1.43. The summed E-state index contributed by atoms with van der Waals surface area (Å²) in [6.07, 6.45) is 0.920. The highest BCUT2D eigenvalue weighted by Crippen LogP contribution is 2.20. The molecular weight excluding hydrogens is 337 g/mol. The number of hydrogen-bond acceptors (Lipinski definition) is 4. The van der Waals surface area contributed by atoms with Gasteiger partial charge in [-0.2, -0.15) is 0 Å². The van der Waals surface area contributed by atoms with E-state index in [9.17, 15) is 9.18 Å². The number of amides is 1. The van der Waals surface area contributed by atoms with Crippen molar-refractivity contribution in [3.05, 3.63) is 51.7 Å². The Hall–Kier alpha value is -1.79. The molecule has 6 heteroatoms. The maximum atomic E-state index is 13.3. The molecule has 3 rings (SSSR count). The molecule has 2 aromatic rings. The van der Waals surface area contributed by atoms with Gasteiger partial charge in [-0.3, -0.25) is 9.69 Å². The standard InChI is InChI=1S/C19H24FN3OS/c1-14(2)17-13-25-18(21-17)19(24)23-8-4-7-22(9-10-23)12-15-5-3-6-16(20)11-15/h3,5-6,11,13-14H,4,7-10,12H2,1-2H3. The Bertz CT molecular complexity index is 731. The summed E-state index contributed by atoms with van der Waals surface area (Å²) in [5.74, 6) is 0.169. The number of thiazole rings is 1.